The lowest BCUT2D eigenvalue weighted by molar-refractivity contribution is -0.385. The first-order valence-corrected chi connectivity index (χ1v) is 7.91. The van der Waals surface area contributed by atoms with E-state index in [9.17, 15) is 19.7 Å². The highest BCUT2D eigenvalue weighted by Gasteiger charge is 2.25. The van der Waals surface area contributed by atoms with Gasteiger partial charge in [-0.2, -0.15) is 0 Å². The minimum absolute atomic E-state index is 0.168. The number of para-hydroxylation sites is 2. The van der Waals surface area contributed by atoms with Crippen LogP contribution in [0.2, 0.25) is 0 Å². The van der Waals surface area contributed by atoms with Crippen molar-refractivity contribution in [1.82, 2.24) is 4.98 Å². The van der Waals surface area contributed by atoms with Gasteiger partial charge < -0.3 is 9.72 Å². The first-order valence-electron chi connectivity index (χ1n) is 7.91. The summed E-state index contributed by atoms with van der Waals surface area (Å²) in [6.45, 7) is 2.81. The van der Waals surface area contributed by atoms with E-state index in [4.69, 9.17) is 4.74 Å². The number of nitro groups is 1. The van der Waals surface area contributed by atoms with Crippen LogP contribution >= 0.6 is 0 Å². The van der Waals surface area contributed by atoms with Crippen molar-refractivity contribution in [2.45, 2.75) is 13.8 Å². The topological polar surface area (TPSA) is 102 Å². The molecule has 0 aliphatic rings. The molecule has 3 rings (SSSR count). The number of hydrogen-bond donors (Lipinski definition) is 1. The minimum Gasteiger partial charge on any atom is -0.454 e. The maximum Gasteiger partial charge on any atom is 0.345 e. The maximum atomic E-state index is 12.5. The fraction of sp³-hybridized carbons (Fsp3) is 0.158. The average molecular weight is 352 g/mol. The highest BCUT2D eigenvalue weighted by atomic mass is 16.6. The van der Waals surface area contributed by atoms with Crippen LogP contribution in [0, 0.1) is 24.0 Å². The Balaban J connectivity index is 1.82. The molecule has 0 atom stereocenters. The van der Waals surface area contributed by atoms with Crippen LogP contribution in [0.5, 0.6) is 0 Å². The predicted octanol–water partition coefficient (Wildman–Crippen LogP) is 3.73. The number of benzene rings is 2. The molecule has 1 N–H and O–H groups in total. The zero-order valence-corrected chi connectivity index (χ0v) is 14.2. The molecule has 1 aromatic heterocycles. The van der Waals surface area contributed by atoms with Crippen molar-refractivity contribution in [3.05, 3.63) is 75.0 Å². The van der Waals surface area contributed by atoms with Gasteiger partial charge in [0.1, 0.15) is 5.56 Å². The zero-order chi connectivity index (χ0) is 18.8. The quantitative estimate of drug-likeness (QED) is 0.326. The van der Waals surface area contributed by atoms with Gasteiger partial charge >= 0.3 is 5.97 Å². The maximum absolute atomic E-state index is 12.5. The molecule has 0 aliphatic heterocycles. The van der Waals surface area contributed by atoms with Crippen LogP contribution < -0.4 is 0 Å². The molecule has 0 unspecified atom stereocenters. The van der Waals surface area contributed by atoms with Gasteiger partial charge in [-0.1, -0.05) is 30.3 Å². The SMILES string of the molecule is Cc1cccc(C(=O)OCC(=O)c2c(C)[nH]c3ccccc23)c1[N+](=O)[O-]. The Kier molecular flexibility index (Phi) is 4.53. The van der Waals surface area contributed by atoms with Gasteiger partial charge in [0.05, 0.1) is 4.92 Å². The second kappa shape index (κ2) is 6.79. The third-order valence-electron chi connectivity index (χ3n) is 4.15. The largest absolute Gasteiger partial charge is 0.454 e. The van der Waals surface area contributed by atoms with Gasteiger partial charge in [-0.25, -0.2) is 4.79 Å². The van der Waals surface area contributed by atoms with Gasteiger partial charge in [-0.3, -0.25) is 14.9 Å². The Morgan fingerprint density at radius 3 is 2.58 bits per heavy atom. The molecule has 1 heterocycles. The second-order valence-electron chi connectivity index (χ2n) is 5.90. The molecular weight excluding hydrogens is 336 g/mol. The molecule has 26 heavy (non-hydrogen) atoms. The summed E-state index contributed by atoms with van der Waals surface area (Å²) in [7, 11) is 0. The summed E-state index contributed by atoms with van der Waals surface area (Å²) in [5.41, 5.74) is 1.81. The molecule has 7 nitrogen and oxygen atoms in total. The van der Waals surface area contributed by atoms with Crippen LogP contribution in [0.4, 0.5) is 5.69 Å². The smallest absolute Gasteiger partial charge is 0.345 e. The van der Waals surface area contributed by atoms with E-state index < -0.39 is 17.5 Å². The first-order chi connectivity index (χ1) is 12.4. The molecule has 2 aromatic carbocycles. The Morgan fingerprint density at radius 2 is 1.85 bits per heavy atom. The molecule has 0 fully saturated rings. The normalized spacial score (nSPS) is 10.7. The molecular formula is C19H16N2O5. The molecule has 0 saturated heterocycles. The van der Waals surface area contributed by atoms with Crippen LogP contribution in [-0.2, 0) is 4.74 Å². The van der Waals surface area contributed by atoms with Crippen LogP contribution in [0.25, 0.3) is 10.9 Å². The number of ketones is 1. The second-order valence-corrected chi connectivity index (χ2v) is 5.90. The van der Waals surface area contributed by atoms with E-state index in [1.807, 2.05) is 18.2 Å². The van der Waals surface area contributed by atoms with E-state index in [1.165, 1.54) is 25.1 Å². The average Bonchev–Trinajstić information content (AvgIpc) is 2.94. The molecule has 0 radical (unpaired) electrons. The molecule has 3 aromatic rings. The third-order valence-corrected chi connectivity index (χ3v) is 4.15. The van der Waals surface area contributed by atoms with Crippen molar-refractivity contribution in [3.8, 4) is 0 Å². The predicted molar refractivity (Wildman–Crippen MR) is 95.5 cm³/mol. The van der Waals surface area contributed by atoms with Gasteiger partial charge in [0.15, 0.2) is 6.61 Å². The number of carbonyl (C=O) groups is 2. The van der Waals surface area contributed by atoms with Crippen LogP contribution in [-0.4, -0.2) is 28.3 Å². The Bertz CT molecular complexity index is 1040. The number of ether oxygens (including phenoxy) is 1. The number of hydrogen-bond acceptors (Lipinski definition) is 5. The summed E-state index contributed by atoms with van der Waals surface area (Å²) in [5.74, 6) is -1.27. The molecule has 0 aliphatic carbocycles. The van der Waals surface area contributed by atoms with Crippen LogP contribution in [0.1, 0.15) is 32.0 Å². The lowest BCUT2D eigenvalue weighted by Gasteiger charge is -2.06. The molecule has 0 spiro atoms. The van der Waals surface area contributed by atoms with Crippen molar-refractivity contribution < 1.29 is 19.2 Å². The summed E-state index contributed by atoms with van der Waals surface area (Å²) >= 11 is 0. The highest BCUT2D eigenvalue weighted by Crippen LogP contribution is 2.25. The number of fused-ring (bicyclic) bond motifs is 1. The van der Waals surface area contributed by atoms with Gasteiger partial charge in [0.2, 0.25) is 5.78 Å². The summed E-state index contributed by atoms with van der Waals surface area (Å²) in [6.07, 6.45) is 0. The van der Waals surface area contributed by atoms with E-state index in [2.05, 4.69) is 4.98 Å². The lowest BCUT2D eigenvalue weighted by Crippen LogP contribution is -2.16. The Morgan fingerprint density at radius 1 is 1.12 bits per heavy atom. The molecule has 0 bridgehead atoms. The Labute approximate surface area is 148 Å². The number of aromatic amines is 1. The number of Topliss-reactive ketones (excluding diaryl/α,β-unsaturated/α-hetero) is 1. The zero-order valence-electron chi connectivity index (χ0n) is 14.2. The number of nitrogens with zero attached hydrogens (tertiary/aromatic N) is 1. The number of carbonyl (C=O) groups excluding carboxylic acids is 2. The summed E-state index contributed by atoms with van der Waals surface area (Å²) in [4.78, 5) is 38.5. The van der Waals surface area contributed by atoms with Crippen molar-refractivity contribution in [1.29, 1.82) is 0 Å². The fourth-order valence-electron chi connectivity index (χ4n) is 2.98. The van der Waals surface area contributed by atoms with Gasteiger partial charge in [-0.15, -0.1) is 0 Å². The third kappa shape index (κ3) is 3.06. The van der Waals surface area contributed by atoms with Crippen molar-refractivity contribution >= 4 is 28.3 Å². The molecule has 7 heteroatoms. The fourth-order valence-corrected chi connectivity index (χ4v) is 2.98. The number of rotatable bonds is 5. The summed E-state index contributed by atoms with van der Waals surface area (Å²) < 4.78 is 5.06. The van der Waals surface area contributed by atoms with E-state index >= 15 is 0 Å². The van der Waals surface area contributed by atoms with Crippen molar-refractivity contribution in [2.24, 2.45) is 0 Å². The molecule has 0 saturated carbocycles. The highest BCUT2D eigenvalue weighted by molar-refractivity contribution is 6.10. The summed E-state index contributed by atoms with van der Waals surface area (Å²) in [6, 6.07) is 11.7. The molecule has 132 valence electrons. The number of aromatic nitrogens is 1. The van der Waals surface area contributed by atoms with E-state index in [0.29, 0.717) is 16.8 Å². The van der Waals surface area contributed by atoms with Gasteiger partial charge in [0, 0.05) is 27.7 Å². The lowest BCUT2D eigenvalue weighted by atomic mass is 10.1. The van der Waals surface area contributed by atoms with Crippen LogP contribution in [0.15, 0.2) is 42.5 Å². The van der Waals surface area contributed by atoms with Crippen molar-refractivity contribution in [2.75, 3.05) is 6.61 Å². The summed E-state index contributed by atoms with van der Waals surface area (Å²) in [5, 5.41) is 11.9. The number of nitro benzene ring substituents is 1. The van der Waals surface area contributed by atoms with E-state index in [0.717, 1.165) is 10.9 Å². The monoisotopic (exact) mass is 352 g/mol. The number of aryl methyl sites for hydroxylation is 2. The minimum atomic E-state index is -0.897. The first kappa shape index (κ1) is 17.3. The molecule has 0 amide bonds. The van der Waals surface area contributed by atoms with E-state index in [-0.39, 0.29) is 17.0 Å². The van der Waals surface area contributed by atoms with E-state index in [1.54, 1.807) is 13.0 Å². The Hall–Kier alpha value is -3.48. The van der Waals surface area contributed by atoms with Gasteiger partial charge in [-0.05, 0) is 26.0 Å². The number of H-pyrrole nitrogens is 1. The number of esters is 1. The van der Waals surface area contributed by atoms with Gasteiger partial charge in [0.25, 0.3) is 5.69 Å². The standard InChI is InChI=1S/C19H16N2O5/c1-11-6-5-8-14(18(11)21(24)25)19(23)26-10-16(22)17-12(2)20-15-9-4-3-7-13(15)17/h3-9,20H,10H2,1-2H3. The van der Waals surface area contributed by atoms with Crippen LogP contribution in [0.3, 0.4) is 0 Å². The van der Waals surface area contributed by atoms with Crippen molar-refractivity contribution in [3.63, 3.8) is 0 Å². The number of nitrogens with one attached hydrogen (secondary N) is 1.